The van der Waals surface area contributed by atoms with Gasteiger partial charge in [0.2, 0.25) is 0 Å². The molecule has 0 radical (unpaired) electrons. The average Bonchev–Trinajstić information content (AvgIpc) is 2.48. The summed E-state index contributed by atoms with van der Waals surface area (Å²) < 4.78 is 5.09. The number of methoxy groups -OCH3 is 1. The monoisotopic (exact) mass is 284 g/mol. The van der Waals surface area contributed by atoms with Crippen molar-refractivity contribution in [2.75, 3.05) is 53.0 Å². The van der Waals surface area contributed by atoms with Gasteiger partial charge in [-0.3, -0.25) is 4.79 Å². The molecule has 0 aliphatic carbocycles. The van der Waals surface area contributed by atoms with Crippen LogP contribution in [0.25, 0.3) is 0 Å². The summed E-state index contributed by atoms with van der Waals surface area (Å²) in [4.78, 5) is 16.3. The molecule has 4 heteroatoms. The number of ether oxygens (including phenoxy) is 1. The van der Waals surface area contributed by atoms with E-state index in [2.05, 4.69) is 9.80 Å². The first-order valence-electron chi connectivity index (χ1n) is 8.21. The number of hydrogen-bond donors (Lipinski definition) is 0. The molecular weight excluding hydrogens is 252 g/mol. The van der Waals surface area contributed by atoms with Crippen LogP contribution in [0.4, 0.5) is 0 Å². The summed E-state index contributed by atoms with van der Waals surface area (Å²) in [6.45, 7) is 9.97. The Bertz CT molecular complexity index is 251. The Kier molecular flexibility index (Phi) is 9.89. The lowest BCUT2D eigenvalue weighted by molar-refractivity contribution is -0.118. The van der Waals surface area contributed by atoms with E-state index in [0.29, 0.717) is 12.2 Å². The Labute approximate surface area is 124 Å². The molecule has 0 bridgehead atoms. The minimum Gasteiger partial charge on any atom is -0.385 e. The van der Waals surface area contributed by atoms with E-state index in [1.165, 1.54) is 52.1 Å². The maximum Gasteiger partial charge on any atom is 0.132 e. The van der Waals surface area contributed by atoms with Crippen LogP contribution in [0, 0.1) is 0 Å². The number of ketones is 1. The second-order valence-electron chi connectivity index (χ2n) is 5.73. The molecule has 1 rings (SSSR count). The van der Waals surface area contributed by atoms with Crippen LogP contribution in [0.5, 0.6) is 0 Å². The third-order valence-corrected chi connectivity index (χ3v) is 4.11. The van der Waals surface area contributed by atoms with E-state index in [9.17, 15) is 4.79 Å². The molecule has 118 valence electrons. The van der Waals surface area contributed by atoms with E-state index in [1.54, 1.807) is 7.11 Å². The summed E-state index contributed by atoms with van der Waals surface area (Å²) in [6.07, 6.45) is 6.13. The lowest BCUT2D eigenvalue weighted by Gasteiger charge is -2.34. The Morgan fingerprint density at radius 2 is 1.55 bits per heavy atom. The first kappa shape index (κ1) is 17.6. The molecule has 1 aliphatic heterocycles. The SMILES string of the molecule is CCC(=O)CCCCCN1CCN(CCCOC)CC1. The van der Waals surface area contributed by atoms with Crippen LogP contribution in [0.2, 0.25) is 0 Å². The molecule has 0 aromatic carbocycles. The highest BCUT2D eigenvalue weighted by Gasteiger charge is 2.15. The van der Waals surface area contributed by atoms with Gasteiger partial charge < -0.3 is 14.5 Å². The maximum atomic E-state index is 11.2. The number of Topliss-reactive ketones (excluding diaryl/α,β-unsaturated/α-hetero) is 1. The molecule has 1 saturated heterocycles. The molecule has 0 aromatic rings. The van der Waals surface area contributed by atoms with E-state index >= 15 is 0 Å². The zero-order valence-electron chi connectivity index (χ0n) is 13.4. The molecule has 0 N–H and O–H groups in total. The third-order valence-electron chi connectivity index (χ3n) is 4.11. The number of carbonyl (C=O) groups is 1. The van der Waals surface area contributed by atoms with E-state index in [1.807, 2.05) is 6.92 Å². The highest BCUT2D eigenvalue weighted by Crippen LogP contribution is 2.07. The summed E-state index contributed by atoms with van der Waals surface area (Å²) in [7, 11) is 1.77. The largest absolute Gasteiger partial charge is 0.385 e. The summed E-state index contributed by atoms with van der Waals surface area (Å²) >= 11 is 0. The Hall–Kier alpha value is -0.450. The number of unbranched alkanes of at least 4 members (excludes halogenated alkanes) is 2. The topological polar surface area (TPSA) is 32.8 Å². The van der Waals surface area contributed by atoms with Crippen LogP contribution in [-0.2, 0) is 9.53 Å². The molecule has 0 amide bonds. The van der Waals surface area contributed by atoms with Crippen LogP contribution in [0.1, 0.15) is 45.4 Å². The standard InChI is InChI=1S/C16H32N2O2/c1-3-16(19)8-5-4-6-9-17-11-13-18(14-12-17)10-7-15-20-2/h3-15H2,1-2H3. The number of rotatable bonds is 11. The van der Waals surface area contributed by atoms with Gasteiger partial charge in [0.05, 0.1) is 0 Å². The normalized spacial score (nSPS) is 17.5. The van der Waals surface area contributed by atoms with Crippen molar-refractivity contribution < 1.29 is 9.53 Å². The van der Waals surface area contributed by atoms with E-state index in [-0.39, 0.29) is 0 Å². The van der Waals surface area contributed by atoms with Crippen molar-refractivity contribution in [3.63, 3.8) is 0 Å². The van der Waals surface area contributed by atoms with Gasteiger partial charge in [0.25, 0.3) is 0 Å². The zero-order chi connectivity index (χ0) is 14.6. The van der Waals surface area contributed by atoms with Gasteiger partial charge in [-0.25, -0.2) is 0 Å². The number of carbonyl (C=O) groups excluding carboxylic acids is 1. The highest BCUT2D eigenvalue weighted by atomic mass is 16.5. The van der Waals surface area contributed by atoms with Crippen LogP contribution >= 0.6 is 0 Å². The van der Waals surface area contributed by atoms with Gasteiger partial charge in [0.1, 0.15) is 5.78 Å². The summed E-state index contributed by atoms with van der Waals surface area (Å²) in [6, 6.07) is 0. The van der Waals surface area contributed by atoms with Crippen LogP contribution in [0.15, 0.2) is 0 Å². The first-order valence-corrected chi connectivity index (χ1v) is 8.21. The molecule has 0 atom stereocenters. The predicted octanol–water partition coefficient (Wildman–Crippen LogP) is 2.18. The maximum absolute atomic E-state index is 11.2. The number of nitrogens with zero attached hydrogens (tertiary/aromatic N) is 2. The summed E-state index contributed by atoms with van der Waals surface area (Å²) in [5.41, 5.74) is 0. The fourth-order valence-corrected chi connectivity index (χ4v) is 2.68. The van der Waals surface area contributed by atoms with Crippen LogP contribution in [-0.4, -0.2) is 68.6 Å². The van der Waals surface area contributed by atoms with Crippen molar-refractivity contribution in [3.05, 3.63) is 0 Å². The minimum atomic E-state index is 0.412. The van der Waals surface area contributed by atoms with Crippen molar-refractivity contribution >= 4 is 5.78 Å². The number of piperazine rings is 1. The predicted molar refractivity (Wildman–Crippen MR) is 83.1 cm³/mol. The Morgan fingerprint density at radius 1 is 0.950 bits per heavy atom. The van der Waals surface area contributed by atoms with Crippen molar-refractivity contribution in [3.8, 4) is 0 Å². The average molecular weight is 284 g/mol. The third kappa shape index (κ3) is 7.98. The second-order valence-corrected chi connectivity index (χ2v) is 5.73. The molecule has 0 aromatic heterocycles. The van der Waals surface area contributed by atoms with Crippen molar-refractivity contribution in [1.29, 1.82) is 0 Å². The van der Waals surface area contributed by atoms with Crippen molar-refractivity contribution in [1.82, 2.24) is 9.80 Å². The molecule has 1 heterocycles. The van der Waals surface area contributed by atoms with Gasteiger partial charge in [-0.2, -0.15) is 0 Å². The molecule has 1 aliphatic rings. The van der Waals surface area contributed by atoms with E-state index in [4.69, 9.17) is 4.74 Å². The zero-order valence-corrected chi connectivity index (χ0v) is 13.4. The van der Waals surface area contributed by atoms with Gasteiger partial charge >= 0.3 is 0 Å². The summed E-state index contributed by atoms with van der Waals surface area (Å²) in [5.74, 6) is 0.412. The van der Waals surface area contributed by atoms with Gasteiger partial charge in [0.15, 0.2) is 0 Å². The van der Waals surface area contributed by atoms with Crippen molar-refractivity contribution in [2.24, 2.45) is 0 Å². The Morgan fingerprint density at radius 3 is 2.10 bits per heavy atom. The minimum absolute atomic E-state index is 0.412. The van der Waals surface area contributed by atoms with Gasteiger partial charge in [-0.05, 0) is 25.8 Å². The smallest absolute Gasteiger partial charge is 0.132 e. The van der Waals surface area contributed by atoms with E-state index in [0.717, 1.165) is 25.9 Å². The second kappa shape index (κ2) is 11.2. The quantitative estimate of drug-likeness (QED) is 0.544. The molecule has 0 saturated carbocycles. The fourth-order valence-electron chi connectivity index (χ4n) is 2.68. The molecule has 0 unspecified atom stereocenters. The fraction of sp³-hybridized carbons (Fsp3) is 0.938. The molecule has 1 fully saturated rings. The number of hydrogen-bond acceptors (Lipinski definition) is 4. The molecule has 0 spiro atoms. The Balaban J connectivity index is 1.95. The molecule has 20 heavy (non-hydrogen) atoms. The van der Waals surface area contributed by atoms with Gasteiger partial charge in [0, 0.05) is 59.3 Å². The summed E-state index contributed by atoms with van der Waals surface area (Å²) in [5, 5.41) is 0. The van der Waals surface area contributed by atoms with E-state index < -0.39 is 0 Å². The first-order chi connectivity index (χ1) is 9.76. The lowest BCUT2D eigenvalue weighted by Crippen LogP contribution is -2.46. The highest BCUT2D eigenvalue weighted by molar-refractivity contribution is 5.77. The van der Waals surface area contributed by atoms with Crippen LogP contribution < -0.4 is 0 Å². The van der Waals surface area contributed by atoms with Gasteiger partial charge in [-0.1, -0.05) is 13.3 Å². The van der Waals surface area contributed by atoms with Gasteiger partial charge in [-0.15, -0.1) is 0 Å². The van der Waals surface area contributed by atoms with Crippen molar-refractivity contribution in [2.45, 2.75) is 45.4 Å². The lowest BCUT2D eigenvalue weighted by atomic mass is 10.1. The molecule has 4 nitrogen and oxygen atoms in total. The van der Waals surface area contributed by atoms with Crippen LogP contribution in [0.3, 0.4) is 0 Å². The molecular formula is C16H32N2O2.